The second-order valence-electron chi connectivity index (χ2n) is 19.2. The van der Waals surface area contributed by atoms with Gasteiger partial charge in [-0.05, 0) is 39.9 Å². The molecule has 0 spiro atoms. The Morgan fingerprint density at radius 1 is 0.443 bits per heavy atom. The molecule has 412 valence electrons. The molecule has 3 aliphatic rings. The van der Waals surface area contributed by atoms with Crippen LogP contribution in [-0.4, -0.2) is 115 Å². The van der Waals surface area contributed by atoms with Crippen molar-refractivity contribution >= 4 is 29.7 Å². The number of nitrogens with zero attached hydrogens (tertiary/aromatic N) is 1. The standard InChI is InChI=1S/C62H63NO16/c1-40(64)69-39-51-54(76-41(2)65)55(77-42(3)66)52(63-59(67)48-31-19-20-32-49(48)60(63)68)61(78-51)75-38-50(70-33-43-21-9-4-10-22-43)53-56(71-34-44-23-11-5-12-24-44)57(72-35-45-25-13-6-14-26-45)58(73-36-46-27-15-7-16-28-46)62(79-53)74-37-47-29-17-8-18-30-47/h4-32,50-58,61-62H,33-39H2,1-3H3/t50-,51+,52+,53+,54+,55+,56+,57-,58-,61+,62-/m0/s1. The van der Waals surface area contributed by atoms with Crippen molar-refractivity contribution in [3.8, 4) is 0 Å². The highest BCUT2D eigenvalue weighted by molar-refractivity contribution is 6.21. The molecule has 9 rings (SSSR count). The van der Waals surface area contributed by atoms with E-state index in [4.69, 9.17) is 52.1 Å². The van der Waals surface area contributed by atoms with Crippen molar-refractivity contribution in [3.05, 3.63) is 215 Å². The van der Waals surface area contributed by atoms with Gasteiger partial charge in [0, 0.05) is 20.8 Å². The first-order valence-electron chi connectivity index (χ1n) is 26.2. The molecule has 3 heterocycles. The summed E-state index contributed by atoms with van der Waals surface area (Å²) in [5.41, 5.74) is 4.42. The van der Waals surface area contributed by atoms with Crippen molar-refractivity contribution in [2.75, 3.05) is 13.2 Å². The van der Waals surface area contributed by atoms with E-state index in [-0.39, 0.29) is 44.2 Å². The van der Waals surface area contributed by atoms with Crippen LogP contribution in [0.25, 0.3) is 0 Å². The molecule has 79 heavy (non-hydrogen) atoms. The van der Waals surface area contributed by atoms with Crippen LogP contribution < -0.4 is 0 Å². The van der Waals surface area contributed by atoms with Gasteiger partial charge in [0.15, 0.2) is 24.8 Å². The highest BCUT2D eigenvalue weighted by Gasteiger charge is 2.58. The topological polar surface area (TPSA) is 190 Å². The van der Waals surface area contributed by atoms with E-state index in [2.05, 4.69) is 0 Å². The number of hydrogen-bond acceptors (Lipinski definition) is 16. The monoisotopic (exact) mass is 1080 g/mol. The fourth-order valence-corrected chi connectivity index (χ4v) is 9.85. The van der Waals surface area contributed by atoms with E-state index in [1.165, 1.54) is 19.1 Å². The predicted molar refractivity (Wildman–Crippen MR) is 283 cm³/mol. The van der Waals surface area contributed by atoms with Crippen LogP contribution in [0, 0.1) is 0 Å². The molecule has 0 bridgehead atoms. The Labute approximate surface area is 458 Å². The third-order valence-corrected chi connectivity index (χ3v) is 13.5. The van der Waals surface area contributed by atoms with Gasteiger partial charge in [0.2, 0.25) is 0 Å². The van der Waals surface area contributed by atoms with Gasteiger partial charge < -0.3 is 52.1 Å². The van der Waals surface area contributed by atoms with E-state index in [1.807, 2.05) is 152 Å². The summed E-state index contributed by atoms with van der Waals surface area (Å²) >= 11 is 0. The van der Waals surface area contributed by atoms with Crippen LogP contribution >= 0.6 is 0 Å². The molecule has 0 N–H and O–H groups in total. The smallest absolute Gasteiger partial charge is 0.303 e. The molecule has 17 heteroatoms. The van der Waals surface area contributed by atoms with Crippen LogP contribution in [0.5, 0.6) is 0 Å². The molecule has 6 aromatic rings. The number of benzene rings is 6. The Bertz CT molecular complexity index is 2900. The summed E-state index contributed by atoms with van der Waals surface area (Å²) < 4.78 is 72.5. The molecule has 0 aromatic heterocycles. The van der Waals surface area contributed by atoms with Gasteiger partial charge in [-0.15, -0.1) is 0 Å². The first kappa shape index (κ1) is 56.3. The Kier molecular flexibility index (Phi) is 19.5. The molecule has 2 amide bonds. The predicted octanol–water partition coefficient (Wildman–Crippen LogP) is 8.10. The van der Waals surface area contributed by atoms with Crippen molar-refractivity contribution in [2.45, 2.75) is 121 Å². The minimum atomic E-state index is -1.67. The fraction of sp³-hybridized carbons (Fsp3) is 0.339. The van der Waals surface area contributed by atoms with Crippen molar-refractivity contribution < 1.29 is 76.1 Å². The number of ether oxygens (including phenoxy) is 11. The molecule has 3 aliphatic heterocycles. The van der Waals surface area contributed by atoms with Gasteiger partial charge in [-0.3, -0.25) is 28.9 Å². The molecule has 2 saturated heterocycles. The summed E-state index contributed by atoms with van der Waals surface area (Å²) in [5.74, 6) is -3.86. The zero-order valence-electron chi connectivity index (χ0n) is 44.0. The van der Waals surface area contributed by atoms with Gasteiger partial charge in [0.25, 0.3) is 11.8 Å². The van der Waals surface area contributed by atoms with Crippen LogP contribution in [0.1, 0.15) is 69.3 Å². The summed E-state index contributed by atoms with van der Waals surface area (Å²) in [4.78, 5) is 68.3. The van der Waals surface area contributed by atoms with Crippen LogP contribution in [0.3, 0.4) is 0 Å². The SMILES string of the molecule is CC(=O)OC[C@H]1O[C@@H](OC[C@H](OCc2ccccc2)[C@H]2O[C@H](OCc3ccccc3)[C@@H](OCc3ccccc3)[C@@H](OCc3ccccc3)[C@@H]2OCc2ccccc2)[C@H](N2C(=O)c3ccccc3C2=O)[C@@H](OC(C)=O)[C@@H]1OC(C)=O. The zero-order chi connectivity index (χ0) is 55.1. The molecule has 0 radical (unpaired) electrons. The molecule has 2 fully saturated rings. The van der Waals surface area contributed by atoms with Gasteiger partial charge in [0.05, 0.1) is 50.8 Å². The molecular weight excluding hydrogens is 1010 g/mol. The van der Waals surface area contributed by atoms with Crippen molar-refractivity contribution in [2.24, 2.45) is 0 Å². The molecule has 0 saturated carbocycles. The third kappa shape index (κ3) is 14.6. The Balaban J connectivity index is 1.15. The number of carbonyl (C=O) groups excluding carboxylic acids is 5. The van der Waals surface area contributed by atoms with Gasteiger partial charge in [-0.25, -0.2) is 0 Å². The second-order valence-corrected chi connectivity index (χ2v) is 19.2. The Morgan fingerprint density at radius 2 is 0.861 bits per heavy atom. The summed E-state index contributed by atoms with van der Waals surface area (Å²) in [5, 5.41) is 0. The van der Waals surface area contributed by atoms with Gasteiger partial charge in [-0.2, -0.15) is 0 Å². The highest BCUT2D eigenvalue weighted by atomic mass is 16.7. The Hall–Kier alpha value is -7.45. The van der Waals surface area contributed by atoms with Gasteiger partial charge >= 0.3 is 17.9 Å². The minimum Gasteiger partial charge on any atom is -0.463 e. The number of amides is 2. The largest absolute Gasteiger partial charge is 0.463 e. The lowest BCUT2D eigenvalue weighted by Gasteiger charge is -2.49. The molecule has 6 aromatic carbocycles. The lowest BCUT2D eigenvalue weighted by Crippen LogP contribution is -2.68. The van der Waals surface area contributed by atoms with Gasteiger partial charge in [-0.1, -0.05) is 164 Å². The maximum absolute atomic E-state index is 14.5. The fourth-order valence-electron chi connectivity index (χ4n) is 9.85. The first-order valence-corrected chi connectivity index (χ1v) is 26.2. The second kappa shape index (κ2) is 27.4. The van der Waals surface area contributed by atoms with E-state index in [9.17, 15) is 24.0 Å². The van der Waals surface area contributed by atoms with E-state index in [0.29, 0.717) is 0 Å². The number of carbonyl (C=O) groups is 5. The average molecular weight is 1080 g/mol. The van der Waals surface area contributed by atoms with Crippen molar-refractivity contribution in [3.63, 3.8) is 0 Å². The summed E-state index contributed by atoms with van der Waals surface area (Å²) in [6.07, 6.45) is -12.4. The van der Waals surface area contributed by atoms with Crippen LogP contribution in [0.4, 0.5) is 0 Å². The molecule has 0 aliphatic carbocycles. The van der Waals surface area contributed by atoms with E-state index >= 15 is 0 Å². The van der Waals surface area contributed by atoms with E-state index < -0.39 is 110 Å². The van der Waals surface area contributed by atoms with Crippen LogP contribution in [-0.2, 0) is 99.5 Å². The lowest BCUT2D eigenvalue weighted by atomic mass is 9.93. The first-order chi connectivity index (χ1) is 38.5. The molecule has 17 nitrogen and oxygen atoms in total. The number of imide groups is 1. The molecule has 0 unspecified atom stereocenters. The molecular formula is C62H63NO16. The van der Waals surface area contributed by atoms with Crippen LogP contribution in [0.15, 0.2) is 176 Å². The molecule has 11 atom stereocenters. The Morgan fingerprint density at radius 3 is 1.33 bits per heavy atom. The number of fused-ring (bicyclic) bond motifs is 1. The zero-order valence-corrected chi connectivity index (χ0v) is 44.0. The number of esters is 3. The average Bonchev–Trinajstić information content (AvgIpc) is 3.95. The third-order valence-electron chi connectivity index (χ3n) is 13.5. The number of rotatable bonds is 24. The van der Waals surface area contributed by atoms with Crippen LogP contribution in [0.2, 0.25) is 0 Å². The van der Waals surface area contributed by atoms with E-state index in [1.54, 1.807) is 12.1 Å². The quantitative estimate of drug-likeness (QED) is 0.0321. The maximum Gasteiger partial charge on any atom is 0.303 e. The van der Waals surface area contributed by atoms with Crippen molar-refractivity contribution in [1.29, 1.82) is 0 Å². The van der Waals surface area contributed by atoms with Crippen molar-refractivity contribution in [1.82, 2.24) is 4.90 Å². The summed E-state index contributed by atoms with van der Waals surface area (Å²) in [7, 11) is 0. The lowest BCUT2D eigenvalue weighted by molar-refractivity contribution is -0.345. The number of hydrogen-bond donors (Lipinski definition) is 0. The minimum absolute atomic E-state index is 0.0200. The normalized spacial score (nSPS) is 24.1. The maximum atomic E-state index is 14.5. The van der Waals surface area contributed by atoms with Gasteiger partial charge in [0.1, 0.15) is 49.3 Å². The summed E-state index contributed by atoms with van der Waals surface area (Å²) in [6.45, 7) is 3.02. The highest BCUT2D eigenvalue weighted by Crippen LogP contribution is 2.38. The summed E-state index contributed by atoms with van der Waals surface area (Å²) in [6, 6.07) is 52.7. The van der Waals surface area contributed by atoms with E-state index in [0.717, 1.165) is 46.6 Å².